The molecule has 0 fully saturated rings. The second kappa shape index (κ2) is 6.87. The van der Waals surface area contributed by atoms with E-state index in [-0.39, 0.29) is 24.3 Å². The largest absolute Gasteiger partial charge is 0.484 e. The third kappa shape index (κ3) is 3.18. The summed E-state index contributed by atoms with van der Waals surface area (Å²) in [5, 5.41) is 0. The zero-order valence-corrected chi connectivity index (χ0v) is 14.0. The van der Waals surface area contributed by atoms with Crippen LogP contribution in [0.25, 0.3) is 0 Å². The number of carbonyl (C=O) groups is 2. The van der Waals surface area contributed by atoms with Gasteiger partial charge in [-0.1, -0.05) is 25.1 Å². The third-order valence-corrected chi connectivity index (χ3v) is 4.34. The van der Waals surface area contributed by atoms with E-state index in [9.17, 15) is 9.59 Å². The van der Waals surface area contributed by atoms with Crippen LogP contribution in [0.15, 0.2) is 48.5 Å². The Bertz CT molecular complexity index is 752. The number of hydrogen-bond acceptors (Lipinski definition) is 3. The van der Waals surface area contributed by atoms with Crippen molar-refractivity contribution >= 4 is 17.4 Å². The van der Waals surface area contributed by atoms with E-state index >= 15 is 0 Å². The highest BCUT2D eigenvalue weighted by Crippen LogP contribution is 2.31. The van der Waals surface area contributed by atoms with Gasteiger partial charge in [0.15, 0.2) is 12.4 Å². The molecule has 2 aromatic rings. The fourth-order valence-corrected chi connectivity index (χ4v) is 3.10. The van der Waals surface area contributed by atoms with E-state index in [2.05, 4.69) is 6.07 Å². The lowest BCUT2D eigenvalue weighted by molar-refractivity contribution is -0.120. The Morgan fingerprint density at radius 2 is 1.83 bits per heavy atom. The molecule has 4 heteroatoms. The quantitative estimate of drug-likeness (QED) is 0.789. The van der Waals surface area contributed by atoms with Crippen molar-refractivity contribution in [2.75, 3.05) is 11.5 Å². The molecule has 24 heavy (non-hydrogen) atoms. The molecule has 2 aromatic carbocycles. The molecule has 1 amide bonds. The van der Waals surface area contributed by atoms with E-state index in [1.165, 1.54) is 5.56 Å². The second-order valence-corrected chi connectivity index (χ2v) is 6.04. The maximum atomic E-state index is 12.6. The highest BCUT2D eigenvalue weighted by molar-refractivity contribution is 5.97. The number of carbonyl (C=O) groups excluding carboxylic acids is 2. The Kier molecular flexibility index (Phi) is 4.65. The topological polar surface area (TPSA) is 46.6 Å². The summed E-state index contributed by atoms with van der Waals surface area (Å²) in [5.41, 5.74) is 2.83. The minimum atomic E-state index is -0.0545. The van der Waals surface area contributed by atoms with E-state index < -0.39 is 0 Å². The van der Waals surface area contributed by atoms with Crippen molar-refractivity contribution in [1.82, 2.24) is 0 Å². The molecule has 0 aliphatic carbocycles. The van der Waals surface area contributed by atoms with Gasteiger partial charge in [-0.05, 0) is 49.2 Å². The third-order valence-electron chi connectivity index (χ3n) is 4.34. The molecule has 124 valence electrons. The number of Topliss-reactive ketones (excluding diaryl/α,β-unsaturated/α-hetero) is 1. The van der Waals surface area contributed by atoms with Crippen LogP contribution in [0.2, 0.25) is 0 Å². The van der Waals surface area contributed by atoms with Crippen molar-refractivity contribution < 1.29 is 14.3 Å². The standard InChI is InChI=1S/C20H21NO3/c1-3-19(22)15-8-10-17(11-9-15)24-13-20(23)21-14(2)12-16-6-4-5-7-18(16)21/h4-11,14H,3,12-13H2,1-2H3/t14-/m1/s1. The summed E-state index contributed by atoms with van der Waals surface area (Å²) in [6, 6.07) is 15.1. The lowest BCUT2D eigenvalue weighted by Crippen LogP contribution is -2.39. The molecule has 1 aliphatic rings. The summed E-state index contributed by atoms with van der Waals surface area (Å²) in [4.78, 5) is 26.0. The van der Waals surface area contributed by atoms with Gasteiger partial charge in [0, 0.05) is 23.7 Å². The minimum absolute atomic E-state index is 0.0141. The first-order valence-corrected chi connectivity index (χ1v) is 8.26. The van der Waals surface area contributed by atoms with Crippen LogP contribution >= 0.6 is 0 Å². The zero-order chi connectivity index (χ0) is 17.1. The van der Waals surface area contributed by atoms with Gasteiger partial charge in [0.2, 0.25) is 0 Å². The summed E-state index contributed by atoms with van der Waals surface area (Å²) in [7, 11) is 0. The molecule has 1 atom stereocenters. The number of nitrogens with zero attached hydrogens (tertiary/aromatic N) is 1. The van der Waals surface area contributed by atoms with Crippen LogP contribution in [-0.4, -0.2) is 24.3 Å². The molecule has 0 saturated heterocycles. The van der Waals surface area contributed by atoms with Crippen LogP contribution in [0.1, 0.15) is 36.2 Å². The van der Waals surface area contributed by atoms with Crippen LogP contribution in [0.3, 0.4) is 0 Å². The predicted octanol–water partition coefficient (Wildman–Crippen LogP) is 3.64. The molecule has 0 unspecified atom stereocenters. The number of hydrogen-bond donors (Lipinski definition) is 0. The number of anilines is 1. The number of rotatable bonds is 5. The van der Waals surface area contributed by atoms with Gasteiger partial charge in [-0.3, -0.25) is 9.59 Å². The van der Waals surface area contributed by atoms with Crippen molar-refractivity contribution in [3.05, 3.63) is 59.7 Å². The molecule has 1 heterocycles. The number of para-hydroxylation sites is 1. The van der Waals surface area contributed by atoms with Gasteiger partial charge < -0.3 is 9.64 Å². The Morgan fingerprint density at radius 1 is 1.12 bits per heavy atom. The van der Waals surface area contributed by atoms with Gasteiger partial charge >= 0.3 is 0 Å². The van der Waals surface area contributed by atoms with E-state index in [0.29, 0.717) is 17.7 Å². The number of amides is 1. The molecule has 1 aliphatic heterocycles. The molecule has 0 saturated carbocycles. The Hall–Kier alpha value is -2.62. The maximum absolute atomic E-state index is 12.6. The van der Waals surface area contributed by atoms with Crippen molar-refractivity contribution in [2.45, 2.75) is 32.7 Å². The molecule has 0 radical (unpaired) electrons. The fourth-order valence-electron chi connectivity index (χ4n) is 3.10. The van der Waals surface area contributed by atoms with Gasteiger partial charge in [-0.25, -0.2) is 0 Å². The summed E-state index contributed by atoms with van der Waals surface area (Å²) in [5.74, 6) is 0.637. The molecule has 0 N–H and O–H groups in total. The highest BCUT2D eigenvalue weighted by Gasteiger charge is 2.30. The average molecular weight is 323 g/mol. The Labute approximate surface area is 142 Å². The smallest absolute Gasteiger partial charge is 0.265 e. The van der Waals surface area contributed by atoms with Gasteiger partial charge in [0.25, 0.3) is 5.91 Å². The summed E-state index contributed by atoms with van der Waals surface area (Å²) >= 11 is 0. The van der Waals surface area contributed by atoms with E-state index in [1.54, 1.807) is 24.3 Å². The number of fused-ring (bicyclic) bond motifs is 1. The Morgan fingerprint density at radius 3 is 2.54 bits per heavy atom. The average Bonchev–Trinajstić information content (AvgIpc) is 2.95. The predicted molar refractivity (Wildman–Crippen MR) is 93.7 cm³/mol. The first-order valence-electron chi connectivity index (χ1n) is 8.26. The van der Waals surface area contributed by atoms with Crippen LogP contribution < -0.4 is 9.64 Å². The summed E-state index contributed by atoms with van der Waals surface area (Å²) < 4.78 is 5.61. The van der Waals surface area contributed by atoms with Crippen LogP contribution in [0.5, 0.6) is 5.75 Å². The van der Waals surface area contributed by atoms with E-state index in [0.717, 1.165) is 12.1 Å². The van der Waals surface area contributed by atoms with E-state index in [1.807, 2.05) is 36.9 Å². The number of ether oxygens (including phenoxy) is 1. The SMILES string of the molecule is CCC(=O)c1ccc(OCC(=O)N2c3ccccc3C[C@H]2C)cc1. The molecular weight excluding hydrogens is 302 g/mol. The number of benzene rings is 2. The van der Waals surface area contributed by atoms with E-state index in [4.69, 9.17) is 4.74 Å². The van der Waals surface area contributed by atoms with Crippen molar-refractivity contribution in [3.63, 3.8) is 0 Å². The molecule has 0 bridgehead atoms. The van der Waals surface area contributed by atoms with Gasteiger partial charge in [-0.15, -0.1) is 0 Å². The maximum Gasteiger partial charge on any atom is 0.265 e. The van der Waals surface area contributed by atoms with Crippen LogP contribution in [-0.2, 0) is 11.2 Å². The Balaban J connectivity index is 1.65. The monoisotopic (exact) mass is 323 g/mol. The van der Waals surface area contributed by atoms with Crippen molar-refractivity contribution in [1.29, 1.82) is 0 Å². The lowest BCUT2D eigenvalue weighted by atomic mass is 10.1. The zero-order valence-electron chi connectivity index (χ0n) is 14.0. The summed E-state index contributed by atoms with van der Waals surface area (Å²) in [6.45, 7) is 3.86. The van der Waals surface area contributed by atoms with Crippen molar-refractivity contribution in [3.8, 4) is 5.75 Å². The number of ketones is 1. The molecule has 4 nitrogen and oxygen atoms in total. The highest BCUT2D eigenvalue weighted by atomic mass is 16.5. The van der Waals surface area contributed by atoms with Crippen LogP contribution in [0, 0.1) is 0 Å². The molecule has 0 aromatic heterocycles. The van der Waals surface area contributed by atoms with Gasteiger partial charge in [0.05, 0.1) is 0 Å². The molecule has 3 rings (SSSR count). The van der Waals surface area contributed by atoms with Gasteiger partial charge in [-0.2, -0.15) is 0 Å². The summed E-state index contributed by atoms with van der Waals surface area (Å²) in [6.07, 6.45) is 1.35. The molecule has 0 spiro atoms. The normalized spacial score (nSPS) is 15.9. The minimum Gasteiger partial charge on any atom is -0.484 e. The molecular formula is C20H21NO3. The first kappa shape index (κ1) is 16.2. The van der Waals surface area contributed by atoms with Crippen molar-refractivity contribution in [2.24, 2.45) is 0 Å². The second-order valence-electron chi connectivity index (χ2n) is 6.04. The lowest BCUT2D eigenvalue weighted by Gasteiger charge is -2.22. The first-order chi connectivity index (χ1) is 11.6. The fraction of sp³-hybridized carbons (Fsp3) is 0.300. The van der Waals surface area contributed by atoms with Crippen LogP contribution in [0.4, 0.5) is 5.69 Å². The van der Waals surface area contributed by atoms with Gasteiger partial charge in [0.1, 0.15) is 5.75 Å².